The van der Waals surface area contributed by atoms with Crippen molar-refractivity contribution in [3.8, 4) is 0 Å². The van der Waals surface area contributed by atoms with E-state index in [1.807, 2.05) is 56.6 Å². The Balaban J connectivity index is 1.76. The average molecular weight is 1420 g/mol. The maximum Gasteiger partial charge on any atom is 0.457 e. The van der Waals surface area contributed by atoms with Crippen molar-refractivity contribution >= 4 is 48.9 Å². The van der Waals surface area contributed by atoms with E-state index in [0.717, 1.165) is 90.5 Å². The number of hydrogen-bond donors (Lipinski definition) is 1. The van der Waals surface area contributed by atoms with Crippen LogP contribution < -0.4 is 4.89 Å². The third-order valence-corrected chi connectivity index (χ3v) is 22.6. The Morgan fingerprint density at radius 2 is 0.596 bits per heavy atom. The summed E-state index contributed by atoms with van der Waals surface area (Å²) < 4.78 is 118. The molecule has 0 bridgehead atoms. The van der Waals surface area contributed by atoms with Gasteiger partial charge < -0.3 is 48.4 Å². The lowest BCUT2D eigenvalue weighted by molar-refractivity contribution is -0.225. The first-order chi connectivity index (χ1) is 45.2. The van der Waals surface area contributed by atoms with Crippen LogP contribution >= 0.6 is 31.1 Å². The zero-order chi connectivity index (χ0) is 68.7. The summed E-state index contributed by atoms with van der Waals surface area (Å²) in [7, 11) is -11.4. The van der Waals surface area contributed by atoms with Crippen molar-refractivity contribution in [3.05, 3.63) is 0 Å². The minimum absolute atomic E-state index is 0.0273. The summed E-state index contributed by atoms with van der Waals surface area (Å²) in [6, 6.07) is 0. The molecule has 3 fully saturated rings. The lowest BCUT2D eigenvalue weighted by atomic mass is 10.1. The normalized spacial score (nSPS) is 18.8. The van der Waals surface area contributed by atoms with Crippen molar-refractivity contribution in [1.29, 1.82) is 0 Å². The van der Waals surface area contributed by atoms with Gasteiger partial charge in [-0.3, -0.25) is 31.7 Å². The van der Waals surface area contributed by atoms with E-state index in [2.05, 4.69) is 40.2 Å². The molecule has 1 N–H and O–H groups in total. The minimum atomic E-state index is -4.60. The molecule has 0 saturated carbocycles. The van der Waals surface area contributed by atoms with E-state index in [4.69, 9.17) is 50.8 Å². The first-order valence-corrected chi connectivity index (χ1v) is 43.3. The molecule has 0 spiro atoms. The van der Waals surface area contributed by atoms with Crippen molar-refractivity contribution in [2.45, 2.75) is 285 Å². The molecule has 0 amide bonds. The molecule has 3 aliphatic rings. The van der Waals surface area contributed by atoms with Crippen LogP contribution in [0.3, 0.4) is 0 Å². The topological polar surface area (TPSA) is 242 Å². The van der Waals surface area contributed by atoms with E-state index in [0.29, 0.717) is 63.3 Å². The van der Waals surface area contributed by atoms with Gasteiger partial charge in [-0.1, -0.05) is 207 Å². The van der Waals surface area contributed by atoms with Gasteiger partial charge in [0.25, 0.3) is 7.82 Å². The molecule has 0 aliphatic carbocycles. The Bertz CT molecular complexity index is 2240. The van der Waals surface area contributed by atoms with Gasteiger partial charge in [-0.15, -0.1) is 14.3 Å². The second kappa shape index (κ2) is 51.5. The number of phosphoric acid groups is 1. The van der Waals surface area contributed by atoms with Crippen LogP contribution in [0.1, 0.15) is 279 Å². The van der Waals surface area contributed by atoms with Crippen molar-refractivity contribution < 1.29 is 64.5 Å². The summed E-state index contributed by atoms with van der Waals surface area (Å²) in [4.78, 5) is 24.8. The highest BCUT2D eigenvalue weighted by Gasteiger charge is 2.37. The van der Waals surface area contributed by atoms with Crippen LogP contribution in [0.4, 0.5) is 0 Å². The molecule has 0 radical (unpaired) electrons. The summed E-state index contributed by atoms with van der Waals surface area (Å²) in [5.41, 5.74) is -0.838. The van der Waals surface area contributed by atoms with Gasteiger partial charge in [-0.25, -0.2) is 13.7 Å². The number of hydrogen-bond acceptors (Lipinski definition) is 14. The zero-order valence-electron chi connectivity index (χ0n) is 60.8. The fourth-order valence-corrected chi connectivity index (χ4v) is 16.8. The number of rotatable bonds is 62. The van der Waals surface area contributed by atoms with E-state index in [9.17, 15) is 18.6 Å². The van der Waals surface area contributed by atoms with E-state index in [1.165, 1.54) is 141 Å². The highest BCUT2D eigenvalue weighted by atomic mass is 31.2. The fourth-order valence-electron chi connectivity index (χ4n) is 11.5. The molecule has 554 valence electrons. The molecule has 0 aromatic rings. The van der Waals surface area contributed by atoms with Crippen molar-refractivity contribution in [2.75, 3.05) is 133 Å². The number of aliphatic hydroxyl groups excluding tert-OH is 1. The Kier molecular flexibility index (Phi) is 47.4. The van der Waals surface area contributed by atoms with Crippen LogP contribution in [-0.4, -0.2) is 191 Å². The van der Waals surface area contributed by atoms with Crippen LogP contribution in [0, 0.1) is 0 Å². The number of phosphoric ester groups is 1. The molecule has 23 nitrogen and oxygen atoms in total. The largest absolute Gasteiger partial charge is 0.756 e. The molecular formula is C67H136N9O14P4-. The summed E-state index contributed by atoms with van der Waals surface area (Å²) in [5.74, 6) is 1.60. The predicted octanol–water partition coefficient (Wildman–Crippen LogP) is 17.0. The van der Waals surface area contributed by atoms with Crippen LogP contribution in [0.2, 0.25) is 0 Å². The molecular weight excluding hydrogens is 1280 g/mol. The van der Waals surface area contributed by atoms with E-state index in [1.54, 1.807) is 0 Å². The average Bonchev–Trinajstić information content (AvgIpc) is 1.62. The summed E-state index contributed by atoms with van der Waals surface area (Å²) in [6.45, 7) is 17.8. The highest BCUT2D eigenvalue weighted by Crippen LogP contribution is 2.55. The molecule has 3 aliphatic heterocycles. The van der Waals surface area contributed by atoms with Crippen molar-refractivity contribution in [1.82, 2.24) is 29.4 Å². The lowest BCUT2D eigenvalue weighted by Gasteiger charge is -2.27. The Morgan fingerprint density at radius 1 is 0.351 bits per heavy atom. The van der Waals surface area contributed by atoms with Gasteiger partial charge in [0.1, 0.15) is 0 Å². The van der Waals surface area contributed by atoms with Gasteiger partial charge in [0, 0.05) is 86.7 Å². The molecule has 4 atom stereocenters. The Labute approximate surface area is 572 Å². The Hall–Kier alpha value is -1.67. The van der Waals surface area contributed by atoms with Gasteiger partial charge >= 0.3 is 23.2 Å². The predicted molar refractivity (Wildman–Crippen MR) is 383 cm³/mol. The number of guanidine groups is 3. The number of aliphatic hydroxyl groups is 1. The van der Waals surface area contributed by atoms with Crippen molar-refractivity contribution in [3.63, 3.8) is 0 Å². The first kappa shape index (κ1) is 86.6. The van der Waals surface area contributed by atoms with Crippen LogP contribution in [0.5, 0.6) is 0 Å². The molecule has 4 unspecified atom stereocenters. The molecule has 3 rings (SSSR count). The number of unbranched alkanes of at least 4 members (excludes halogenated alkanes) is 30. The summed E-state index contributed by atoms with van der Waals surface area (Å²) in [5, 5.41) is 9.03. The third-order valence-electron chi connectivity index (χ3n) is 17.0. The van der Waals surface area contributed by atoms with Gasteiger partial charge in [0.15, 0.2) is 0 Å². The summed E-state index contributed by atoms with van der Waals surface area (Å²) >= 11 is 0. The van der Waals surface area contributed by atoms with Crippen LogP contribution in [-0.2, 0) is 54.5 Å². The quantitative estimate of drug-likeness (QED) is 0.0439. The second-order valence-corrected chi connectivity index (χ2v) is 33.4. The molecule has 94 heavy (non-hydrogen) atoms. The van der Waals surface area contributed by atoms with Crippen molar-refractivity contribution in [2.24, 2.45) is 14.3 Å². The van der Waals surface area contributed by atoms with Gasteiger partial charge in [-0.05, 0) is 72.1 Å². The smallest absolute Gasteiger partial charge is 0.457 e. The standard InChI is InChI=1S/C67H137N9O14P4/c1-10-13-16-19-22-25-28-31-34-39-47-74-53-50-71(7)64(74)68-91(78,85-60-45-62-87-93(80,90-67(4,5)6)70-66-73(9)52-55-76(66)49-41-36-33-30-27-24-21-18-15-12-3)83-58-44-59-84-92(79,86-61-46-63-89-94(81,82)88-57-43-38-37-42-56-77)69-65-72(8)51-54-75(65)48-40-35-32-29-26-23-20-17-14-11-2/h77H,10-63H2,1-9H3,(H,81,82)/p-1. The van der Waals surface area contributed by atoms with E-state index >= 15 is 4.57 Å². The third kappa shape index (κ3) is 40.5. The molecule has 3 saturated heterocycles. The van der Waals surface area contributed by atoms with Gasteiger partial charge in [-0.2, -0.15) is 0 Å². The lowest BCUT2D eigenvalue weighted by Crippen LogP contribution is -2.32. The SMILES string of the molecule is CCCCCCCCCCCCN1CCN(C)C1=NP(=O)(OCCCOP(=O)([O-])OCCCCCCO)OCCCOP(=O)(N=C1N(C)CCN1CCCCCCCCCCCC)OCCCOP(=O)(N=C1N(C)CCN1CCCCCCCCCCCC)OC(C)(C)C. The molecule has 0 aromatic carbocycles. The molecule has 0 aromatic heterocycles. The molecule has 27 heteroatoms. The highest BCUT2D eigenvalue weighted by molar-refractivity contribution is 7.53. The molecule has 3 heterocycles. The zero-order valence-corrected chi connectivity index (χ0v) is 64.3. The second-order valence-electron chi connectivity index (χ2n) is 27.1. The minimum Gasteiger partial charge on any atom is -0.756 e. The monoisotopic (exact) mass is 1410 g/mol. The number of likely N-dealkylation sites (N-methyl/N-ethyl adjacent to an activating group) is 3. The van der Waals surface area contributed by atoms with E-state index < -0.39 is 36.7 Å². The van der Waals surface area contributed by atoms with Crippen LogP contribution in [0.15, 0.2) is 14.3 Å². The fraction of sp³-hybridized carbons (Fsp3) is 0.955. The maximum atomic E-state index is 15.1. The van der Waals surface area contributed by atoms with Gasteiger partial charge in [0.2, 0.25) is 17.9 Å². The maximum absolute atomic E-state index is 15.1. The summed E-state index contributed by atoms with van der Waals surface area (Å²) in [6.07, 6.45) is 39.6. The van der Waals surface area contributed by atoms with Crippen LogP contribution in [0.25, 0.3) is 0 Å². The Morgan fingerprint density at radius 3 is 0.894 bits per heavy atom. The van der Waals surface area contributed by atoms with E-state index in [-0.39, 0.29) is 72.1 Å². The first-order valence-electron chi connectivity index (χ1n) is 37.3. The number of nitrogens with zero attached hydrogens (tertiary/aromatic N) is 9. The van der Waals surface area contributed by atoms with Gasteiger partial charge in [0.05, 0.1) is 51.8 Å².